The first kappa shape index (κ1) is 16.4. The van der Waals surface area contributed by atoms with Crippen LogP contribution in [0.15, 0.2) is 30.6 Å². The molecule has 2 heterocycles. The fourth-order valence-electron chi connectivity index (χ4n) is 2.29. The SMILES string of the molecule is CCCCCc1nc(Cl)c(C(=O)OC)cc1-c1ccncc1. The van der Waals surface area contributed by atoms with Crippen molar-refractivity contribution in [1.82, 2.24) is 9.97 Å². The number of esters is 1. The highest BCUT2D eigenvalue weighted by Gasteiger charge is 2.17. The van der Waals surface area contributed by atoms with Gasteiger partial charge in [-0.15, -0.1) is 0 Å². The van der Waals surface area contributed by atoms with Gasteiger partial charge in [0.2, 0.25) is 0 Å². The second kappa shape index (κ2) is 7.90. The number of pyridine rings is 2. The molecule has 2 aromatic rings. The van der Waals surface area contributed by atoms with E-state index in [2.05, 4.69) is 16.9 Å². The number of aryl methyl sites for hydroxylation is 1. The van der Waals surface area contributed by atoms with Crippen molar-refractivity contribution in [2.24, 2.45) is 0 Å². The highest BCUT2D eigenvalue weighted by molar-refractivity contribution is 6.32. The Balaban J connectivity index is 2.47. The molecule has 0 saturated carbocycles. The number of carbonyl (C=O) groups is 1. The fourth-order valence-corrected chi connectivity index (χ4v) is 2.53. The molecular weight excluding hydrogens is 300 g/mol. The number of hydrogen-bond acceptors (Lipinski definition) is 4. The lowest BCUT2D eigenvalue weighted by Gasteiger charge is -2.12. The number of aromatic nitrogens is 2. The lowest BCUT2D eigenvalue weighted by molar-refractivity contribution is 0.0600. The second-order valence-corrected chi connectivity index (χ2v) is 5.36. The normalized spacial score (nSPS) is 10.5. The Labute approximate surface area is 135 Å². The monoisotopic (exact) mass is 318 g/mol. The molecule has 0 aromatic carbocycles. The molecule has 2 rings (SSSR count). The maximum atomic E-state index is 11.8. The molecule has 0 N–H and O–H groups in total. The molecule has 4 nitrogen and oxygen atoms in total. The Bertz CT molecular complexity index is 645. The molecule has 5 heteroatoms. The van der Waals surface area contributed by atoms with Gasteiger partial charge < -0.3 is 4.74 Å². The highest BCUT2D eigenvalue weighted by atomic mass is 35.5. The van der Waals surface area contributed by atoms with E-state index in [0.717, 1.165) is 42.5 Å². The summed E-state index contributed by atoms with van der Waals surface area (Å²) in [5, 5.41) is 0.191. The van der Waals surface area contributed by atoms with Gasteiger partial charge in [-0.25, -0.2) is 9.78 Å². The third kappa shape index (κ3) is 3.83. The molecule has 0 aliphatic rings. The van der Waals surface area contributed by atoms with Crippen molar-refractivity contribution >= 4 is 17.6 Å². The van der Waals surface area contributed by atoms with Gasteiger partial charge in [-0.3, -0.25) is 4.98 Å². The number of hydrogen-bond donors (Lipinski definition) is 0. The van der Waals surface area contributed by atoms with E-state index >= 15 is 0 Å². The maximum absolute atomic E-state index is 11.8. The summed E-state index contributed by atoms with van der Waals surface area (Å²) in [6.07, 6.45) is 7.57. The van der Waals surface area contributed by atoms with Crippen molar-refractivity contribution < 1.29 is 9.53 Å². The molecular formula is C17H19ClN2O2. The number of rotatable bonds is 6. The molecule has 0 bridgehead atoms. The number of halogens is 1. The molecule has 0 unspecified atom stereocenters. The first-order chi connectivity index (χ1) is 10.7. The highest BCUT2D eigenvalue weighted by Crippen LogP contribution is 2.28. The average molecular weight is 319 g/mol. The molecule has 116 valence electrons. The minimum atomic E-state index is -0.479. The number of carbonyl (C=O) groups excluding carboxylic acids is 1. The van der Waals surface area contributed by atoms with Crippen molar-refractivity contribution in [3.05, 3.63) is 47.0 Å². The first-order valence-corrected chi connectivity index (χ1v) is 7.73. The Hall–Kier alpha value is -1.94. The van der Waals surface area contributed by atoms with E-state index in [1.807, 2.05) is 12.1 Å². The summed E-state index contributed by atoms with van der Waals surface area (Å²) in [5.41, 5.74) is 3.06. The minimum absolute atomic E-state index is 0.191. The largest absolute Gasteiger partial charge is 0.465 e. The molecule has 0 spiro atoms. The molecule has 0 aliphatic carbocycles. The van der Waals surface area contributed by atoms with Gasteiger partial charge in [-0.1, -0.05) is 31.4 Å². The van der Waals surface area contributed by atoms with Crippen LogP contribution in [0.3, 0.4) is 0 Å². The predicted octanol–water partition coefficient (Wildman–Crippen LogP) is 4.32. The van der Waals surface area contributed by atoms with Crippen LogP contribution in [0.2, 0.25) is 5.15 Å². The fraction of sp³-hybridized carbons (Fsp3) is 0.353. The standard InChI is InChI=1S/C17H19ClN2O2/c1-3-4-5-6-15-13(12-7-9-19-10-8-12)11-14(16(18)20-15)17(21)22-2/h7-11H,3-6H2,1-2H3. The van der Waals surface area contributed by atoms with Gasteiger partial charge in [0.25, 0.3) is 0 Å². The average Bonchev–Trinajstić information content (AvgIpc) is 2.55. The Morgan fingerprint density at radius 3 is 2.64 bits per heavy atom. The van der Waals surface area contributed by atoms with E-state index < -0.39 is 5.97 Å². The third-order valence-corrected chi connectivity index (χ3v) is 3.76. The number of ether oxygens (including phenoxy) is 1. The first-order valence-electron chi connectivity index (χ1n) is 7.35. The van der Waals surface area contributed by atoms with Gasteiger partial charge in [0.1, 0.15) is 5.15 Å². The topological polar surface area (TPSA) is 52.1 Å². The maximum Gasteiger partial charge on any atom is 0.341 e. The van der Waals surface area contributed by atoms with Gasteiger partial charge in [0.15, 0.2) is 0 Å². The zero-order valence-electron chi connectivity index (χ0n) is 12.8. The Morgan fingerprint density at radius 1 is 1.27 bits per heavy atom. The van der Waals surface area contributed by atoms with Crippen molar-refractivity contribution in [2.45, 2.75) is 32.6 Å². The molecule has 2 aromatic heterocycles. The van der Waals surface area contributed by atoms with Gasteiger partial charge in [-0.05, 0) is 36.6 Å². The summed E-state index contributed by atoms with van der Waals surface area (Å²) in [6, 6.07) is 5.56. The smallest absolute Gasteiger partial charge is 0.341 e. The Kier molecular flexibility index (Phi) is 5.90. The summed E-state index contributed by atoms with van der Waals surface area (Å²) in [4.78, 5) is 20.3. The lowest BCUT2D eigenvalue weighted by atomic mass is 9.99. The summed E-state index contributed by atoms with van der Waals surface area (Å²) < 4.78 is 4.77. The summed E-state index contributed by atoms with van der Waals surface area (Å²) in [6.45, 7) is 2.16. The number of unbranched alkanes of at least 4 members (excludes halogenated alkanes) is 2. The van der Waals surface area contributed by atoms with Crippen LogP contribution in [-0.2, 0) is 11.2 Å². The zero-order chi connectivity index (χ0) is 15.9. The summed E-state index contributed by atoms with van der Waals surface area (Å²) in [7, 11) is 1.33. The van der Waals surface area contributed by atoms with Crippen LogP contribution in [0.5, 0.6) is 0 Å². The van der Waals surface area contributed by atoms with Crippen LogP contribution in [0, 0.1) is 0 Å². The van der Waals surface area contributed by atoms with E-state index in [4.69, 9.17) is 16.3 Å². The Morgan fingerprint density at radius 2 is 2.00 bits per heavy atom. The van der Waals surface area contributed by atoms with Crippen LogP contribution >= 0.6 is 11.6 Å². The number of nitrogens with zero attached hydrogens (tertiary/aromatic N) is 2. The second-order valence-electron chi connectivity index (χ2n) is 5.01. The van der Waals surface area contributed by atoms with Crippen LogP contribution in [0.25, 0.3) is 11.1 Å². The predicted molar refractivity (Wildman–Crippen MR) is 87.0 cm³/mol. The summed E-state index contributed by atoms with van der Waals surface area (Å²) in [5.74, 6) is -0.479. The molecule has 0 saturated heterocycles. The number of methoxy groups -OCH3 is 1. The van der Waals surface area contributed by atoms with Gasteiger partial charge in [-0.2, -0.15) is 0 Å². The van der Waals surface area contributed by atoms with E-state index in [0.29, 0.717) is 0 Å². The third-order valence-electron chi connectivity index (χ3n) is 3.47. The van der Waals surface area contributed by atoms with Crippen LogP contribution < -0.4 is 0 Å². The van der Waals surface area contributed by atoms with Gasteiger partial charge in [0, 0.05) is 18.0 Å². The van der Waals surface area contributed by atoms with Crippen LogP contribution in [0.4, 0.5) is 0 Å². The zero-order valence-corrected chi connectivity index (χ0v) is 13.6. The molecule has 0 fully saturated rings. The molecule has 0 atom stereocenters. The quantitative estimate of drug-likeness (QED) is 0.452. The summed E-state index contributed by atoms with van der Waals surface area (Å²) >= 11 is 6.15. The van der Waals surface area contributed by atoms with Crippen LogP contribution in [0.1, 0.15) is 42.2 Å². The van der Waals surface area contributed by atoms with E-state index in [1.165, 1.54) is 7.11 Å². The molecule has 0 radical (unpaired) electrons. The van der Waals surface area contributed by atoms with E-state index in [-0.39, 0.29) is 10.7 Å². The molecule has 22 heavy (non-hydrogen) atoms. The lowest BCUT2D eigenvalue weighted by Crippen LogP contribution is -2.06. The van der Waals surface area contributed by atoms with Crippen molar-refractivity contribution in [3.8, 4) is 11.1 Å². The minimum Gasteiger partial charge on any atom is -0.465 e. The van der Waals surface area contributed by atoms with Crippen molar-refractivity contribution in [2.75, 3.05) is 7.11 Å². The van der Waals surface area contributed by atoms with Crippen molar-refractivity contribution in [3.63, 3.8) is 0 Å². The van der Waals surface area contributed by atoms with E-state index in [9.17, 15) is 4.79 Å². The molecule has 0 amide bonds. The molecule has 0 aliphatic heterocycles. The van der Waals surface area contributed by atoms with Gasteiger partial charge >= 0.3 is 5.97 Å². The van der Waals surface area contributed by atoms with E-state index in [1.54, 1.807) is 18.5 Å². The van der Waals surface area contributed by atoms with Crippen LogP contribution in [-0.4, -0.2) is 23.0 Å². The van der Waals surface area contributed by atoms with Crippen molar-refractivity contribution in [1.29, 1.82) is 0 Å². The van der Waals surface area contributed by atoms with Gasteiger partial charge in [0.05, 0.1) is 18.4 Å².